The quantitative estimate of drug-likeness (QED) is 0.347. The third kappa shape index (κ3) is 4.72. The van der Waals surface area contributed by atoms with Gasteiger partial charge < -0.3 is 10.1 Å². The Kier molecular flexibility index (Phi) is 6.36. The first-order valence-corrected chi connectivity index (χ1v) is 9.64. The number of nitrogens with zero attached hydrogens (tertiary/aromatic N) is 3. The number of carbonyl (C=O) groups excluding carboxylic acids is 2. The van der Waals surface area contributed by atoms with Crippen molar-refractivity contribution in [2.24, 2.45) is 0 Å². The van der Waals surface area contributed by atoms with Crippen LogP contribution in [-0.2, 0) is 9.53 Å². The first-order chi connectivity index (χ1) is 14.7. The molecular weight excluding hydrogens is 424 g/mol. The number of carbonyl (C=O) groups is 2. The van der Waals surface area contributed by atoms with Gasteiger partial charge in [0.1, 0.15) is 5.56 Å². The summed E-state index contributed by atoms with van der Waals surface area (Å²) >= 11 is 5.99. The van der Waals surface area contributed by atoms with Gasteiger partial charge in [-0.3, -0.25) is 14.9 Å². The van der Waals surface area contributed by atoms with Gasteiger partial charge in [-0.25, -0.2) is 9.48 Å². The average molecular weight is 443 g/mol. The highest BCUT2D eigenvalue weighted by Crippen LogP contribution is 2.27. The van der Waals surface area contributed by atoms with Crippen molar-refractivity contribution in [2.45, 2.75) is 26.9 Å². The van der Waals surface area contributed by atoms with E-state index in [1.54, 1.807) is 18.5 Å². The van der Waals surface area contributed by atoms with E-state index in [1.165, 1.54) is 19.1 Å². The molecule has 1 amide bonds. The van der Waals surface area contributed by atoms with Crippen molar-refractivity contribution in [3.63, 3.8) is 0 Å². The number of ether oxygens (including phenoxy) is 1. The summed E-state index contributed by atoms with van der Waals surface area (Å²) in [4.78, 5) is 35.4. The smallest absolute Gasteiger partial charge is 0.342 e. The monoisotopic (exact) mass is 442 g/mol. The van der Waals surface area contributed by atoms with Crippen LogP contribution in [0.3, 0.4) is 0 Å². The van der Waals surface area contributed by atoms with E-state index in [1.807, 2.05) is 30.3 Å². The number of non-ortho nitro benzene ring substituents is 1. The minimum atomic E-state index is -1.14. The Balaban J connectivity index is 1.73. The molecule has 0 saturated carbocycles. The number of esters is 1. The molecule has 0 aliphatic heterocycles. The Morgan fingerprint density at radius 3 is 2.48 bits per heavy atom. The number of rotatable bonds is 6. The molecule has 31 heavy (non-hydrogen) atoms. The van der Waals surface area contributed by atoms with Crippen LogP contribution < -0.4 is 5.32 Å². The predicted octanol–water partition coefficient (Wildman–Crippen LogP) is 4.23. The van der Waals surface area contributed by atoms with E-state index >= 15 is 0 Å². The largest absolute Gasteiger partial charge is 0.449 e. The second-order valence-corrected chi connectivity index (χ2v) is 7.16. The molecule has 0 bridgehead atoms. The lowest BCUT2D eigenvalue weighted by atomic mass is 10.2. The van der Waals surface area contributed by atoms with Gasteiger partial charge in [-0.15, -0.1) is 0 Å². The second kappa shape index (κ2) is 8.97. The number of para-hydroxylation sites is 1. The van der Waals surface area contributed by atoms with Gasteiger partial charge in [0.15, 0.2) is 6.10 Å². The Labute approximate surface area is 182 Å². The summed E-state index contributed by atoms with van der Waals surface area (Å²) in [5.74, 6) is -1.32. The molecule has 0 aliphatic carbocycles. The molecule has 2 aromatic carbocycles. The van der Waals surface area contributed by atoms with Crippen LogP contribution >= 0.6 is 11.6 Å². The van der Waals surface area contributed by atoms with Crippen LogP contribution in [0.25, 0.3) is 5.69 Å². The van der Waals surface area contributed by atoms with E-state index in [9.17, 15) is 19.7 Å². The first kappa shape index (κ1) is 22.0. The molecule has 0 spiro atoms. The minimum Gasteiger partial charge on any atom is -0.449 e. The Morgan fingerprint density at radius 2 is 1.87 bits per heavy atom. The van der Waals surface area contributed by atoms with Gasteiger partial charge in [-0.1, -0.05) is 29.8 Å². The number of aromatic nitrogens is 2. The Bertz CT molecular complexity index is 1160. The number of nitro groups is 1. The van der Waals surface area contributed by atoms with E-state index in [-0.39, 0.29) is 22.0 Å². The van der Waals surface area contributed by atoms with Crippen LogP contribution in [0.1, 0.15) is 28.7 Å². The maximum absolute atomic E-state index is 12.7. The van der Waals surface area contributed by atoms with Crippen molar-refractivity contribution in [2.75, 3.05) is 5.32 Å². The average Bonchev–Trinajstić information content (AvgIpc) is 3.03. The van der Waals surface area contributed by atoms with Gasteiger partial charge >= 0.3 is 5.97 Å². The number of halogens is 1. The van der Waals surface area contributed by atoms with Gasteiger partial charge in [-0.2, -0.15) is 5.10 Å². The standard InChI is InChI=1S/C21H19ClN4O5/c1-12-19(13(2)25(24-12)15-7-5-4-6-8-15)21(28)31-14(3)20(27)23-18-10-9-16(26(29)30)11-17(18)22/h4-11,14H,1-3H3,(H,23,27). The first-order valence-electron chi connectivity index (χ1n) is 9.26. The SMILES string of the molecule is Cc1nn(-c2ccccc2)c(C)c1C(=O)OC(C)C(=O)Nc1ccc([N+](=O)[O-])cc1Cl. The number of anilines is 1. The molecule has 0 radical (unpaired) electrons. The number of nitrogens with one attached hydrogen (secondary N) is 1. The van der Waals surface area contributed by atoms with E-state index in [0.29, 0.717) is 11.4 Å². The van der Waals surface area contributed by atoms with Crippen LogP contribution in [0, 0.1) is 24.0 Å². The fourth-order valence-electron chi connectivity index (χ4n) is 2.99. The number of hydrogen-bond acceptors (Lipinski definition) is 6. The summed E-state index contributed by atoms with van der Waals surface area (Å²) < 4.78 is 6.96. The zero-order chi connectivity index (χ0) is 22.7. The molecule has 1 N–H and O–H groups in total. The normalized spacial score (nSPS) is 11.6. The maximum Gasteiger partial charge on any atom is 0.342 e. The fraction of sp³-hybridized carbons (Fsp3) is 0.190. The van der Waals surface area contributed by atoms with Gasteiger partial charge in [0, 0.05) is 12.1 Å². The van der Waals surface area contributed by atoms with E-state index in [0.717, 1.165) is 11.8 Å². The third-order valence-electron chi connectivity index (χ3n) is 4.57. The van der Waals surface area contributed by atoms with Crippen molar-refractivity contribution < 1.29 is 19.2 Å². The predicted molar refractivity (Wildman–Crippen MR) is 115 cm³/mol. The molecular formula is C21H19ClN4O5. The van der Waals surface area contributed by atoms with Gasteiger partial charge in [0.05, 0.1) is 32.7 Å². The molecule has 1 heterocycles. The molecule has 0 aliphatic rings. The lowest BCUT2D eigenvalue weighted by Crippen LogP contribution is -2.30. The summed E-state index contributed by atoms with van der Waals surface area (Å²) in [5, 5.41) is 17.7. The maximum atomic E-state index is 12.7. The molecule has 160 valence electrons. The molecule has 10 heteroatoms. The number of nitro benzene ring substituents is 1. The molecule has 1 atom stereocenters. The second-order valence-electron chi connectivity index (χ2n) is 6.75. The zero-order valence-electron chi connectivity index (χ0n) is 17.0. The Hall–Kier alpha value is -3.72. The molecule has 1 unspecified atom stereocenters. The molecule has 3 aromatic rings. The van der Waals surface area contributed by atoms with Crippen LogP contribution in [0.4, 0.5) is 11.4 Å². The number of aryl methyl sites for hydroxylation is 1. The van der Waals surface area contributed by atoms with Crippen LogP contribution in [0.5, 0.6) is 0 Å². The molecule has 0 saturated heterocycles. The van der Waals surface area contributed by atoms with Crippen molar-refractivity contribution >= 4 is 34.9 Å². The molecule has 1 aromatic heterocycles. The number of amides is 1. The lowest BCUT2D eigenvalue weighted by Gasteiger charge is -2.14. The third-order valence-corrected chi connectivity index (χ3v) is 4.88. The summed E-state index contributed by atoms with van der Waals surface area (Å²) in [5.41, 5.74) is 2.09. The van der Waals surface area contributed by atoms with Crippen LogP contribution in [0.15, 0.2) is 48.5 Å². The van der Waals surface area contributed by atoms with Gasteiger partial charge in [0.25, 0.3) is 11.6 Å². The molecule has 3 rings (SSSR count). The lowest BCUT2D eigenvalue weighted by molar-refractivity contribution is -0.384. The van der Waals surface area contributed by atoms with Crippen molar-refractivity contribution in [1.29, 1.82) is 0 Å². The van der Waals surface area contributed by atoms with E-state index < -0.39 is 22.9 Å². The number of hydrogen-bond donors (Lipinski definition) is 1. The van der Waals surface area contributed by atoms with Crippen molar-refractivity contribution in [1.82, 2.24) is 9.78 Å². The highest BCUT2D eigenvalue weighted by molar-refractivity contribution is 6.34. The highest BCUT2D eigenvalue weighted by Gasteiger charge is 2.25. The van der Waals surface area contributed by atoms with E-state index in [2.05, 4.69) is 10.4 Å². The number of benzene rings is 2. The minimum absolute atomic E-state index is 0.00287. The van der Waals surface area contributed by atoms with E-state index in [4.69, 9.17) is 16.3 Å². The summed E-state index contributed by atoms with van der Waals surface area (Å²) in [6, 6.07) is 13.0. The highest BCUT2D eigenvalue weighted by atomic mass is 35.5. The topological polar surface area (TPSA) is 116 Å². The van der Waals surface area contributed by atoms with Crippen molar-refractivity contribution in [3.05, 3.63) is 80.6 Å². The molecule has 0 fully saturated rings. The van der Waals surface area contributed by atoms with Crippen LogP contribution in [-0.4, -0.2) is 32.7 Å². The van der Waals surface area contributed by atoms with Crippen LogP contribution in [0.2, 0.25) is 5.02 Å². The molecule has 9 nitrogen and oxygen atoms in total. The van der Waals surface area contributed by atoms with Gasteiger partial charge in [-0.05, 0) is 39.0 Å². The summed E-state index contributed by atoms with van der Waals surface area (Å²) in [6.45, 7) is 4.84. The summed E-state index contributed by atoms with van der Waals surface area (Å²) in [7, 11) is 0. The fourth-order valence-corrected chi connectivity index (χ4v) is 3.21. The van der Waals surface area contributed by atoms with Gasteiger partial charge in [0.2, 0.25) is 0 Å². The van der Waals surface area contributed by atoms with Crippen molar-refractivity contribution in [3.8, 4) is 5.69 Å². The Morgan fingerprint density at radius 1 is 1.19 bits per heavy atom. The zero-order valence-corrected chi connectivity index (χ0v) is 17.7. The summed E-state index contributed by atoms with van der Waals surface area (Å²) in [6.07, 6.45) is -1.14.